The predicted molar refractivity (Wildman–Crippen MR) is 67.8 cm³/mol. The molecule has 0 radical (unpaired) electrons. The Kier molecular flexibility index (Phi) is 5.56. The molecule has 1 aromatic rings. The first-order chi connectivity index (χ1) is 8.09. The summed E-state index contributed by atoms with van der Waals surface area (Å²) in [5, 5.41) is 11.3. The molecule has 0 spiro atoms. The highest BCUT2D eigenvalue weighted by molar-refractivity contribution is 7.98. The first-order valence-electron chi connectivity index (χ1n) is 5.21. The van der Waals surface area contributed by atoms with Gasteiger partial charge in [-0.1, -0.05) is 30.3 Å². The Bertz CT molecular complexity index is 381. The number of aliphatic carboxylic acids is 1. The van der Waals surface area contributed by atoms with E-state index in [2.05, 4.69) is 5.32 Å². The lowest BCUT2D eigenvalue weighted by atomic mass is 10.2. The molecule has 0 saturated heterocycles. The summed E-state index contributed by atoms with van der Waals surface area (Å²) in [4.78, 5) is 21.7. The zero-order valence-electron chi connectivity index (χ0n) is 9.55. The number of nitrogens with one attached hydrogen (secondary N) is 1. The molecule has 1 aromatic carbocycles. The Morgan fingerprint density at radius 3 is 2.53 bits per heavy atom. The molecule has 17 heavy (non-hydrogen) atoms. The Balaban J connectivity index is 2.37. The molecule has 4 nitrogen and oxygen atoms in total. The Morgan fingerprint density at radius 2 is 2.00 bits per heavy atom. The molecule has 0 bridgehead atoms. The van der Waals surface area contributed by atoms with E-state index in [1.54, 1.807) is 0 Å². The molecule has 92 valence electrons. The minimum absolute atomic E-state index is 0.322. The van der Waals surface area contributed by atoms with Gasteiger partial charge in [0.25, 0.3) is 0 Å². The van der Waals surface area contributed by atoms with Crippen LogP contribution in [0.15, 0.2) is 30.3 Å². The van der Waals surface area contributed by atoms with Crippen LogP contribution in [0, 0.1) is 0 Å². The second-order valence-electron chi connectivity index (χ2n) is 3.59. The summed E-state index contributed by atoms with van der Waals surface area (Å²) in [6.45, 7) is 1.32. The number of carboxylic acids is 1. The Labute approximate surface area is 104 Å². The summed E-state index contributed by atoms with van der Waals surface area (Å²) in [7, 11) is 0. The van der Waals surface area contributed by atoms with Gasteiger partial charge in [-0.3, -0.25) is 4.79 Å². The van der Waals surface area contributed by atoms with Crippen LogP contribution in [-0.2, 0) is 15.3 Å². The second kappa shape index (κ2) is 6.96. The molecule has 0 unspecified atom stereocenters. The van der Waals surface area contributed by atoms with Crippen LogP contribution >= 0.6 is 11.8 Å². The summed E-state index contributed by atoms with van der Waals surface area (Å²) in [6.07, 6.45) is 0. The molecule has 0 aromatic heterocycles. The monoisotopic (exact) mass is 253 g/mol. The second-order valence-corrected chi connectivity index (χ2v) is 4.62. The molecule has 5 heteroatoms. The van der Waals surface area contributed by atoms with Gasteiger partial charge in [0.1, 0.15) is 6.04 Å². The van der Waals surface area contributed by atoms with Crippen LogP contribution in [0.25, 0.3) is 0 Å². The van der Waals surface area contributed by atoms with Crippen LogP contribution in [0.2, 0.25) is 0 Å². The molecule has 1 amide bonds. The molecule has 0 saturated carbocycles. The highest BCUT2D eigenvalue weighted by Gasteiger charge is 2.17. The van der Waals surface area contributed by atoms with Gasteiger partial charge in [-0.05, 0) is 5.56 Å². The van der Waals surface area contributed by atoms with Crippen molar-refractivity contribution in [3.8, 4) is 0 Å². The SMILES string of the molecule is CC(=O)N[C@@H](CSCc1ccccc1)C(=O)O. The van der Waals surface area contributed by atoms with Crippen molar-refractivity contribution in [2.24, 2.45) is 0 Å². The Morgan fingerprint density at radius 1 is 1.35 bits per heavy atom. The fraction of sp³-hybridized carbons (Fsp3) is 0.333. The number of benzene rings is 1. The van der Waals surface area contributed by atoms with Gasteiger partial charge in [-0.2, -0.15) is 11.8 Å². The smallest absolute Gasteiger partial charge is 0.327 e. The lowest BCUT2D eigenvalue weighted by Gasteiger charge is -2.12. The number of amides is 1. The van der Waals surface area contributed by atoms with Crippen LogP contribution in [0.3, 0.4) is 0 Å². The number of carbonyl (C=O) groups excluding carboxylic acids is 1. The minimum Gasteiger partial charge on any atom is -0.480 e. The average molecular weight is 253 g/mol. The van der Waals surface area contributed by atoms with Crippen molar-refractivity contribution in [2.45, 2.75) is 18.7 Å². The minimum atomic E-state index is -0.999. The van der Waals surface area contributed by atoms with Crippen LogP contribution < -0.4 is 5.32 Å². The fourth-order valence-corrected chi connectivity index (χ4v) is 2.30. The molecule has 2 N–H and O–H groups in total. The lowest BCUT2D eigenvalue weighted by molar-refractivity contribution is -0.140. The molecule has 0 aliphatic heterocycles. The summed E-state index contributed by atoms with van der Waals surface area (Å²) in [5.41, 5.74) is 1.14. The van der Waals surface area contributed by atoms with E-state index in [1.807, 2.05) is 30.3 Å². The van der Waals surface area contributed by atoms with Crippen molar-refractivity contribution in [2.75, 3.05) is 5.75 Å². The number of hydrogen-bond donors (Lipinski definition) is 2. The molecular weight excluding hydrogens is 238 g/mol. The third-order valence-corrected chi connectivity index (χ3v) is 3.18. The first kappa shape index (κ1) is 13.6. The van der Waals surface area contributed by atoms with Crippen LogP contribution in [-0.4, -0.2) is 28.8 Å². The number of rotatable bonds is 6. The van der Waals surface area contributed by atoms with Gasteiger partial charge < -0.3 is 10.4 Å². The van der Waals surface area contributed by atoms with Crippen molar-refractivity contribution in [3.05, 3.63) is 35.9 Å². The number of carboxylic acid groups (broad SMARTS) is 1. The van der Waals surface area contributed by atoms with Crippen molar-refractivity contribution in [1.82, 2.24) is 5.32 Å². The van der Waals surface area contributed by atoms with Gasteiger partial charge in [0.2, 0.25) is 5.91 Å². The van der Waals surface area contributed by atoms with Crippen LogP contribution in [0.4, 0.5) is 0 Å². The lowest BCUT2D eigenvalue weighted by Crippen LogP contribution is -2.41. The number of hydrogen-bond acceptors (Lipinski definition) is 3. The number of carbonyl (C=O) groups is 2. The quantitative estimate of drug-likeness (QED) is 0.806. The molecule has 1 atom stereocenters. The molecule has 1 rings (SSSR count). The molecule has 0 heterocycles. The van der Waals surface area contributed by atoms with E-state index < -0.39 is 12.0 Å². The van der Waals surface area contributed by atoms with Gasteiger partial charge in [0.15, 0.2) is 0 Å². The van der Waals surface area contributed by atoms with Crippen LogP contribution in [0.5, 0.6) is 0 Å². The standard InChI is InChI=1S/C12H15NO3S/c1-9(14)13-11(12(15)16)8-17-7-10-5-3-2-4-6-10/h2-6,11H,7-8H2,1H3,(H,13,14)(H,15,16)/t11-/m0/s1. The summed E-state index contributed by atoms with van der Waals surface area (Å²) in [5.74, 6) is -0.216. The third-order valence-electron chi connectivity index (χ3n) is 2.07. The maximum Gasteiger partial charge on any atom is 0.327 e. The van der Waals surface area contributed by atoms with E-state index >= 15 is 0 Å². The van der Waals surface area contributed by atoms with Crippen molar-refractivity contribution in [1.29, 1.82) is 0 Å². The summed E-state index contributed by atoms with van der Waals surface area (Å²) >= 11 is 1.49. The number of thioether (sulfide) groups is 1. The first-order valence-corrected chi connectivity index (χ1v) is 6.36. The molecular formula is C12H15NO3S. The topological polar surface area (TPSA) is 66.4 Å². The van der Waals surface area contributed by atoms with Gasteiger partial charge in [0.05, 0.1) is 0 Å². The van der Waals surface area contributed by atoms with Crippen molar-refractivity contribution < 1.29 is 14.7 Å². The van der Waals surface area contributed by atoms with Crippen LogP contribution in [0.1, 0.15) is 12.5 Å². The predicted octanol–water partition coefficient (Wildman–Crippen LogP) is 1.51. The summed E-state index contributed by atoms with van der Waals surface area (Å²) in [6, 6.07) is 8.98. The van der Waals surface area contributed by atoms with E-state index in [1.165, 1.54) is 18.7 Å². The largest absolute Gasteiger partial charge is 0.480 e. The van der Waals surface area contributed by atoms with E-state index in [0.29, 0.717) is 5.75 Å². The molecule has 0 aliphatic rings. The molecule has 0 fully saturated rings. The highest BCUT2D eigenvalue weighted by atomic mass is 32.2. The van der Waals surface area contributed by atoms with E-state index in [4.69, 9.17) is 5.11 Å². The van der Waals surface area contributed by atoms with Crippen molar-refractivity contribution >= 4 is 23.6 Å². The average Bonchev–Trinajstić information content (AvgIpc) is 2.28. The molecule has 0 aliphatic carbocycles. The zero-order valence-corrected chi connectivity index (χ0v) is 10.4. The van der Waals surface area contributed by atoms with E-state index in [-0.39, 0.29) is 5.91 Å². The third kappa shape index (κ3) is 5.40. The van der Waals surface area contributed by atoms with Gasteiger partial charge >= 0.3 is 5.97 Å². The highest BCUT2D eigenvalue weighted by Crippen LogP contribution is 2.12. The Hall–Kier alpha value is -1.49. The maximum atomic E-state index is 10.8. The summed E-state index contributed by atoms with van der Waals surface area (Å²) < 4.78 is 0. The van der Waals surface area contributed by atoms with Crippen molar-refractivity contribution in [3.63, 3.8) is 0 Å². The normalized spacial score (nSPS) is 11.8. The fourth-order valence-electron chi connectivity index (χ4n) is 1.29. The van der Waals surface area contributed by atoms with E-state index in [0.717, 1.165) is 11.3 Å². The van der Waals surface area contributed by atoms with Gasteiger partial charge in [-0.25, -0.2) is 4.79 Å². The van der Waals surface area contributed by atoms with Gasteiger partial charge in [-0.15, -0.1) is 0 Å². The van der Waals surface area contributed by atoms with E-state index in [9.17, 15) is 9.59 Å². The zero-order chi connectivity index (χ0) is 12.7. The van der Waals surface area contributed by atoms with Gasteiger partial charge in [0, 0.05) is 18.4 Å². The maximum absolute atomic E-state index is 10.8.